The highest BCUT2D eigenvalue weighted by Crippen LogP contribution is 2.60. The molecule has 2 heterocycles. The largest absolute Gasteiger partial charge is 0.344 e. The molecule has 2 atom stereocenters. The van der Waals surface area contributed by atoms with E-state index in [1.54, 1.807) is 25.5 Å². The highest BCUT2D eigenvalue weighted by Gasteiger charge is 2.58. The fraction of sp³-hybridized carbons (Fsp3) is 0.500. The maximum atomic E-state index is 13.4. The van der Waals surface area contributed by atoms with Crippen LogP contribution >= 0.6 is 0 Å². The molecule has 0 spiro atoms. The van der Waals surface area contributed by atoms with Crippen molar-refractivity contribution in [3.63, 3.8) is 0 Å². The molecule has 8 heteroatoms. The van der Waals surface area contributed by atoms with Crippen molar-refractivity contribution in [3.8, 4) is 0 Å². The second-order valence-electron chi connectivity index (χ2n) is 9.80. The van der Waals surface area contributed by atoms with Crippen molar-refractivity contribution >= 4 is 23.3 Å². The van der Waals surface area contributed by atoms with E-state index in [0.717, 1.165) is 31.7 Å². The van der Waals surface area contributed by atoms with Gasteiger partial charge in [0.15, 0.2) is 0 Å². The molecule has 4 saturated carbocycles. The summed E-state index contributed by atoms with van der Waals surface area (Å²) in [6.07, 6.45) is 6.74. The molecule has 2 amide bonds. The van der Waals surface area contributed by atoms with E-state index >= 15 is 0 Å². The third-order valence-corrected chi connectivity index (χ3v) is 7.92. The van der Waals surface area contributed by atoms with Gasteiger partial charge in [-0.2, -0.15) is 4.39 Å². The zero-order valence-electron chi connectivity index (χ0n) is 18.5. The van der Waals surface area contributed by atoms with E-state index in [-0.39, 0.29) is 16.9 Å². The number of anilines is 1. The van der Waals surface area contributed by atoms with Crippen LogP contribution in [-0.4, -0.2) is 32.7 Å². The summed E-state index contributed by atoms with van der Waals surface area (Å²) in [4.78, 5) is 42.7. The Morgan fingerprint density at radius 3 is 2.50 bits per heavy atom. The van der Waals surface area contributed by atoms with Crippen LogP contribution in [0.4, 0.5) is 10.1 Å². The molecule has 2 unspecified atom stereocenters. The topological polar surface area (TPSA) is 93.1 Å². The van der Waals surface area contributed by atoms with Crippen LogP contribution in [0.25, 0.3) is 0 Å². The number of rotatable bonds is 5. The van der Waals surface area contributed by atoms with Gasteiger partial charge in [0.05, 0.1) is 11.3 Å². The zero-order chi connectivity index (χ0) is 22.8. The Bertz CT molecular complexity index is 1140. The van der Waals surface area contributed by atoms with Crippen LogP contribution in [0.2, 0.25) is 0 Å². The molecule has 168 valence electrons. The van der Waals surface area contributed by atoms with Gasteiger partial charge in [0.25, 0.3) is 17.6 Å². The minimum absolute atomic E-state index is 0.208. The fourth-order valence-corrected chi connectivity index (χ4v) is 6.70. The van der Waals surface area contributed by atoms with Gasteiger partial charge in [0.1, 0.15) is 0 Å². The summed E-state index contributed by atoms with van der Waals surface area (Å²) >= 11 is 0. The van der Waals surface area contributed by atoms with Gasteiger partial charge < -0.3 is 15.2 Å². The van der Waals surface area contributed by atoms with Crippen LogP contribution in [0.3, 0.4) is 0 Å². The lowest BCUT2D eigenvalue weighted by atomic mass is 9.80. The molecule has 2 aromatic rings. The average molecular weight is 439 g/mol. The first-order valence-corrected chi connectivity index (χ1v) is 11.1. The van der Waals surface area contributed by atoms with Gasteiger partial charge in [-0.1, -0.05) is 0 Å². The van der Waals surface area contributed by atoms with Crippen LogP contribution in [0.5, 0.6) is 0 Å². The number of ketones is 1. The van der Waals surface area contributed by atoms with Crippen LogP contribution in [-0.2, 0) is 11.8 Å². The lowest BCUT2D eigenvalue weighted by Gasteiger charge is -2.33. The monoisotopic (exact) mass is 438 g/mol. The Hall–Kier alpha value is -3.03. The Labute approximate surface area is 185 Å². The predicted octanol–water partition coefficient (Wildman–Crippen LogP) is 3.31. The molecular weight excluding hydrogens is 411 g/mol. The minimum Gasteiger partial charge on any atom is -0.344 e. The number of carbonyl (C=O) groups excluding carboxylic acids is 3. The average Bonchev–Trinajstić information content (AvgIpc) is 3.20. The van der Waals surface area contributed by atoms with Crippen molar-refractivity contribution < 1.29 is 18.8 Å². The Balaban J connectivity index is 1.38. The van der Waals surface area contributed by atoms with Crippen molar-refractivity contribution in [2.24, 2.45) is 24.8 Å². The summed E-state index contributed by atoms with van der Waals surface area (Å²) in [5.74, 6) is -0.587. The molecule has 0 radical (unpaired) electrons. The minimum atomic E-state index is -0.703. The number of hydrogen-bond donors (Lipinski definition) is 2. The molecule has 4 bridgehead atoms. The van der Waals surface area contributed by atoms with Crippen molar-refractivity contribution in [3.05, 3.63) is 46.8 Å². The highest BCUT2D eigenvalue weighted by molar-refractivity contribution is 6.43. The summed E-state index contributed by atoms with van der Waals surface area (Å²) < 4.78 is 15.0. The molecular formula is C24H27FN4O3. The van der Waals surface area contributed by atoms with E-state index in [1.165, 1.54) is 18.7 Å². The maximum absolute atomic E-state index is 13.4. The summed E-state index contributed by atoms with van der Waals surface area (Å²) in [5.41, 5.74) is 1.54. The van der Waals surface area contributed by atoms with Crippen LogP contribution < -0.4 is 10.6 Å². The van der Waals surface area contributed by atoms with E-state index in [0.29, 0.717) is 34.6 Å². The van der Waals surface area contributed by atoms with Gasteiger partial charge >= 0.3 is 0 Å². The lowest BCUT2D eigenvalue weighted by Crippen LogP contribution is -2.51. The third-order valence-electron chi connectivity index (χ3n) is 7.92. The number of halogens is 1. The van der Waals surface area contributed by atoms with E-state index in [9.17, 15) is 18.8 Å². The number of nitrogens with zero attached hydrogens (tertiary/aromatic N) is 2. The Morgan fingerprint density at radius 1 is 1.16 bits per heavy atom. The SMILES string of the molecule is Cc1c(C(=O)Nc2ccnc(F)c2)c(C)n(C)c1C(=O)C(=O)NC12CC3CC(CC1C3)C2. The quantitative estimate of drug-likeness (QED) is 0.426. The van der Waals surface area contributed by atoms with Gasteiger partial charge in [0.2, 0.25) is 5.95 Å². The van der Waals surface area contributed by atoms with Crippen molar-refractivity contribution in [1.29, 1.82) is 0 Å². The molecule has 32 heavy (non-hydrogen) atoms. The highest BCUT2D eigenvalue weighted by atomic mass is 19.1. The first-order valence-electron chi connectivity index (χ1n) is 11.1. The lowest BCUT2D eigenvalue weighted by molar-refractivity contribution is -0.119. The molecule has 0 aliphatic heterocycles. The van der Waals surface area contributed by atoms with Crippen LogP contribution in [0, 0.1) is 37.5 Å². The van der Waals surface area contributed by atoms with Gasteiger partial charge in [-0.05, 0) is 75.3 Å². The zero-order valence-corrected chi connectivity index (χ0v) is 18.5. The Kier molecular flexibility index (Phi) is 4.72. The predicted molar refractivity (Wildman–Crippen MR) is 116 cm³/mol. The van der Waals surface area contributed by atoms with E-state index in [4.69, 9.17) is 0 Å². The number of hydrogen-bond acceptors (Lipinski definition) is 4. The standard InChI is InChI=1S/C24H27FN4O3/c1-12-19(22(31)27-17-4-5-26-18(25)9-17)13(2)29(3)20(12)21(30)23(32)28-24-10-14-6-15(11-24)8-16(24)7-14/h4-5,9,14-16H,6-8,10-11H2,1-3H3,(H,28,32)(H,26,27,31). The molecule has 0 saturated heterocycles. The van der Waals surface area contributed by atoms with E-state index in [2.05, 4.69) is 15.6 Å². The molecule has 4 aliphatic rings. The summed E-state index contributed by atoms with van der Waals surface area (Å²) in [7, 11) is 1.67. The molecule has 4 fully saturated rings. The van der Waals surface area contributed by atoms with Crippen molar-refractivity contribution in [2.45, 2.75) is 51.5 Å². The normalized spacial score (nSPS) is 27.6. The van der Waals surface area contributed by atoms with Crippen molar-refractivity contribution in [1.82, 2.24) is 14.9 Å². The molecule has 4 aliphatic carbocycles. The van der Waals surface area contributed by atoms with Gasteiger partial charge in [-0.25, -0.2) is 4.98 Å². The van der Waals surface area contributed by atoms with E-state index in [1.807, 2.05) is 0 Å². The fourth-order valence-electron chi connectivity index (χ4n) is 6.70. The number of nitrogens with one attached hydrogen (secondary N) is 2. The maximum Gasteiger partial charge on any atom is 0.294 e. The third kappa shape index (κ3) is 3.15. The second-order valence-corrected chi connectivity index (χ2v) is 9.80. The number of aromatic nitrogens is 2. The molecule has 0 aromatic carbocycles. The molecule has 2 N–H and O–H groups in total. The molecule has 6 rings (SSSR count). The number of amides is 2. The Morgan fingerprint density at radius 2 is 1.84 bits per heavy atom. The van der Waals surface area contributed by atoms with Gasteiger partial charge in [0, 0.05) is 36.2 Å². The number of carbonyl (C=O) groups is 3. The van der Waals surface area contributed by atoms with Gasteiger partial charge in [-0.3, -0.25) is 14.4 Å². The molecule has 2 aromatic heterocycles. The van der Waals surface area contributed by atoms with Crippen molar-refractivity contribution in [2.75, 3.05) is 5.32 Å². The second kappa shape index (κ2) is 7.25. The summed E-state index contributed by atoms with van der Waals surface area (Å²) in [5, 5.41) is 5.76. The smallest absolute Gasteiger partial charge is 0.294 e. The first kappa shape index (κ1) is 20.8. The van der Waals surface area contributed by atoms with Gasteiger partial charge in [-0.15, -0.1) is 0 Å². The number of Topliss-reactive ketones (excluding diaryl/α,β-unsaturated/α-hetero) is 1. The van der Waals surface area contributed by atoms with Crippen LogP contribution in [0.15, 0.2) is 18.3 Å². The summed E-state index contributed by atoms with van der Waals surface area (Å²) in [6.45, 7) is 3.39. The number of pyridine rings is 1. The first-order chi connectivity index (χ1) is 15.2. The van der Waals surface area contributed by atoms with Crippen LogP contribution in [0.1, 0.15) is 64.2 Å². The summed E-state index contributed by atoms with van der Waals surface area (Å²) in [6, 6.07) is 2.60. The van der Waals surface area contributed by atoms with E-state index < -0.39 is 23.5 Å². The molecule has 7 nitrogen and oxygen atoms in total.